The SMILES string of the molecule is Clc1ccc(C23CCN(CC2)Cc2ccccc23)cc1. The van der Waals surface area contributed by atoms with Crippen LogP contribution in [0.5, 0.6) is 0 Å². The van der Waals surface area contributed by atoms with Gasteiger partial charge in [0.15, 0.2) is 0 Å². The van der Waals surface area contributed by atoms with E-state index in [2.05, 4.69) is 41.3 Å². The van der Waals surface area contributed by atoms with Crippen molar-refractivity contribution in [1.29, 1.82) is 0 Å². The molecule has 1 saturated heterocycles. The number of rotatable bonds is 1. The lowest BCUT2D eigenvalue weighted by Crippen LogP contribution is -2.39. The molecule has 2 heteroatoms. The van der Waals surface area contributed by atoms with Crippen molar-refractivity contribution in [3.63, 3.8) is 0 Å². The van der Waals surface area contributed by atoms with E-state index >= 15 is 0 Å². The molecule has 0 spiro atoms. The molecule has 1 nitrogen and oxygen atoms in total. The quantitative estimate of drug-likeness (QED) is 0.757. The number of benzene rings is 2. The zero-order valence-electron chi connectivity index (χ0n) is 11.5. The first-order valence-corrected chi connectivity index (χ1v) is 7.73. The number of piperidine rings is 1. The van der Waals surface area contributed by atoms with E-state index in [1.54, 1.807) is 0 Å². The Morgan fingerprint density at radius 3 is 2.35 bits per heavy atom. The predicted molar refractivity (Wildman–Crippen MR) is 83.2 cm³/mol. The first kappa shape index (κ1) is 12.4. The van der Waals surface area contributed by atoms with Crippen LogP contribution in [0.15, 0.2) is 48.5 Å². The summed E-state index contributed by atoms with van der Waals surface area (Å²) in [5.41, 5.74) is 4.64. The van der Waals surface area contributed by atoms with Gasteiger partial charge in [0.2, 0.25) is 0 Å². The van der Waals surface area contributed by atoms with Gasteiger partial charge in [-0.1, -0.05) is 48.0 Å². The van der Waals surface area contributed by atoms with Gasteiger partial charge in [-0.25, -0.2) is 0 Å². The van der Waals surface area contributed by atoms with Gasteiger partial charge >= 0.3 is 0 Å². The van der Waals surface area contributed by atoms with Gasteiger partial charge in [0.1, 0.15) is 0 Å². The molecule has 2 aromatic carbocycles. The monoisotopic (exact) mass is 283 g/mol. The summed E-state index contributed by atoms with van der Waals surface area (Å²) in [5.74, 6) is 0. The first-order valence-electron chi connectivity index (χ1n) is 7.35. The van der Waals surface area contributed by atoms with Crippen LogP contribution in [0.25, 0.3) is 0 Å². The van der Waals surface area contributed by atoms with Crippen LogP contribution in [-0.4, -0.2) is 18.0 Å². The highest BCUT2D eigenvalue weighted by Crippen LogP contribution is 2.46. The minimum absolute atomic E-state index is 0.189. The molecule has 0 aromatic heterocycles. The molecule has 0 radical (unpaired) electrons. The second-order valence-electron chi connectivity index (χ2n) is 6.02. The Balaban J connectivity index is 1.92. The second-order valence-corrected chi connectivity index (χ2v) is 6.46. The van der Waals surface area contributed by atoms with E-state index in [1.165, 1.54) is 42.6 Å². The molecule has 0 aliphatic carbocycles. The molecule has 2 bridgehead atoms. The van der Waals surface area contributed by atoms with E-state index in [1.807, 2.05) is 12.1 Å². The lowest BCUT2D eigenvalue weighted by atomic mass is 9.68. The van der Waals surface area contributed by atoms with Gasteiger partial charge in [-0.15, -0.1) is 0 Å². The summed E-state index contributed by atoms with van der Waals surface area (Å²) < 4.78 is 0. The first-order chi connectivity index (χ1) is 9.78. The van der Waals surface area contributed by atoms with Crippen molar-refractivity contribution in [1.82, 2.24) is 4.90 Å². The molecule has 20 heavy (non-hydrogen) atoms. The van der Waals surface area contributed by atoms with Gasteiger partial charge in [-0.05, 0) is 54.8 Å². The van der Waals surface area contributed by atoms with Gasteiger partial charge in [-0.3, -0.25) is 4.90 Å². The fourth-order valence-electron chi connectivity index (χ4n) is 3.94. The molecular weight excluding hydrogens is 266 g/mol. The molecule has 0 unspecified atom stereocenters. The van der Waals surface area contributed by atoms with Crippen molar-refractivity contribution < 1.29 is 0 Å². The summed E-state index contributed by atoms with van der Waals surface area (Å²) in [6, 6.07) is 17.5. The van der Waals surface area contributed by atoms with Gasteiger partial charge in [-0.2, -0.15) is 0 Å². The van der Waals surface area contributed by atoms with Crippen molar-refractivity contribution in [3.8, 4) is 0 Å². The van der Waals surface area contributed by atoms with Crippen LogP contribution >= 0.6 is 11.6 Å². The average molecular weight is 284 g/mol. The van der Waals surface area contributed by atoms with Crippen LogP contribution in [0.2, 0.25) is 5.02 Å². The Morgan fingerprint density at radius 2 is 1.60 bits per heavy atom. The van der Waals surface area contributed by atoms with E-state index in [0.29, 0.717) is 0 Å². The van der Waals surface area contributed by atoms with E-state index < -0.39 is 0 Å². The third-order valence-corrected chi connectivity index (χ3v) is 5.29. The summed E-state index contributed by atoms with van der Waals surface area (Å²) in [6.07, 6.45) is 2.43. The molecule has 102 valence electrons. The van der Waals surface area contributed by atoms with Crippen molar-refractivity contribution in [2.45, 2.75) is 24.8 Å². The standard InChI is InChI=1S/C18H18ClN/c19-16-7-5-15(6-8-16)18-9-11-20(12-10-18)13-14-3-1-2-4-17(14)18/h1-8H,9-13H2. The lowest BCUT2D eigenvalue weighted by molar-refractivity contribution is 0.190. The van der Waals surface area contributed by atoms with Gasteiger partial charge in [0.05, 0.1) is 0 Å². The maximum Gasteiger partial charge on any atom is 0.0406 e. The van der Waals surface area contributed by atoms with Crippen LogP contribution < -0.4 is 0 Å². The largest absolute Gasteiger partial charge is 0.299 e. The minimum Gasteiger partial charge on any atom is -0.299 e. The zero-order chi connectivity index (χ0) is 13.6. The van der Waals surface area contributed by atoms with Crippen LogP contribution in [0.4, 0.5) is 0 Å². The van der Waals surface area contributed by atoms with Crippen molar-refractivity contribution in [2.75, 3.05) is 13.1 Å². The summed E-state index contributed by atoms with van der Waals surface area (Å²) in [6.45, 7) is 3.49. The molecule has 0 N–H and O–H groups in total. The van der Waals surface area contributed by atoms with Crippen LogP contribution in [0.1, 0.15) is 29.5 Å². The third kappa shape index (κ3) is 1.81. The minimum atomic E-state index is 0.189. The Bertz CT molecular complexity index is 624. The highest BCUT2D eigenvalue weighted by atomic mass is 35.5. The smallest absolute Gasteiger partial charge is 0.0406 e. The Labute approximate surface area is 125 Å². The fourth-order valence-corrected chi connectivity index (χ4v) is 4.07. The summed E-state index contributed by atoms with van der Waals surface area (Å²) in [5, 5.41) is 0.824. The molecule has 1 fully saturated rings. The van der Waals surface area contributed by atoms with Crippen molar-refractivity contribution in [2.24, 2.45) is 0 Å². The normalized spacial score (nSPS) is 27.9. The molecular formula is C18H18ClN. The molecule has 3 heterocycles. The summed E-state index contributed by atoms with van der Waals surface area (Å²) >= 11 is 6.07. The predicted octanol–water partition coefficient (Wildman–Crippen LogP) is 4.24. The van der Waals surface area contributed by atoms with E-state index in [4.69, 9.17) is 11.6 Å². The topological polar surface area (TPSA) is 3.24 Å². The van der Waals surface area contributed by atoms with Crippen molar-refractivity contribution in [3.05, 3.63) is 70.2 Å². The molecule has 5 rings (SSSR count). The lowest BCUT2D eigenvalue weighted by Gasteiger charge is -2.39. The summed E-state index contributed by atoms with van der Waals surface area (Å²) in [7, 11) is 0. The Morgan fingerprint density at radius 1 is 0.900 bits per heavy atom. The molecule has 3 aliphatic heterocycles. The van der Waals surface area contributed by atoms with Gasteiger partial charge < -0.3 is 0 Å². The number of hydrogen-bond acceptors (Lipinski definition) is 1. The molecule has 2 aromatic rings. The molecule has 3 aliphatic rings. The summed E-state index contributed by atoms with van der Waals surface area (Å²) in [4.78, 5) is 2.58. The number of fused-ring (bicyclic) bond motifs is 2. The van der Waals surface area contributed by atoms with Crippen molar-refractivity contribution >= 4 is 11.6 Å². The maximum atomic E-state index is 6.07. The average Bonchev–Trinajstić information content (AvgIpc) is 2.75. The highest BCUT2D eigenvalue weighted by molar-refractivity contribution is 6.30. The number of hydrogen-bond donors (Lipinski definition) is 0. The molecule has 0 amide bonds. The molecule has 0 atom stereocenters. The zero-order valence-corrected chi connectivity index (χ0v) is 12.2. The van der Waals surface area contributed by atoms with Gasteiger partial charge in [0.25, 0.3) is 0 Å². The second kappa shape index (κ2) is 4.61. The van der Waals surface area contributed by atoms with Crippen LogP contribution in [0.3, 0.4) is 0 Å². The third-order valence-electron chi connectivity index (χ3n) is 5.03. The van der Waals surface area contributed by atoms with E-state index in [0.717, 1.165) is 11.6 Å². The van der Waals surface area contributed by atoms with Gasteiger partial charge in [0, 0.05) is 17.0 Å². The highest BCUT2D eigenvalue weighted by Gasteiger charge is 2.41. The van der Waals surface area contributed by atoms with Crippen LogP contribution in [-0.2, 0) is 12.0 Å². The Kier molecular flexibility index (Phi) is 2.87. The molecule has 0 saturated carbocycles. The fraction of sp³-hybridized carbons (Fsp3) is 0.333. The van der Waals surface area contributed by atoms with Crippen LogP contribution in [0, 0.1) is 0 Å². The maximum absolute atomic E-state index is 6.07. The van der Waals surface area contributed by atoms with E-state index in [-0.39, 0.29) is 5.41 Å². The Hall–Kier alpha value is -1.31. The number of nitrogens with zero attached hydrogens (tertiary/aromatic N) is 1. The van der Waals surface area contributed by atoms with E-state index in [9.17, 15) is 0 Å². The number of halogens is 1.